The Kier molecular flexibility index (Phi) is 8.88. The summed E-state index contributed by atoms with van der Waals surface area (Å²) >= 11 is 0. The molecule has 0 saturated heterocycles. The van der Waals surface area contributed by atoms with Crippen molar-refractivity contribution in [3.8, 4) is 0 Å². The molecule has 1 saturated carbocycles. The fraction of sp³-hybridized carbons (Fsp3) is 0.938. The molecule has 0 aromatic rings. The van der Waals surface area contributed by atoms with Gasteiger partial charge in [0.15, 0.2) is 0 Å². The molecule has 21 heavy (non-hydrogen) atoms. The van der Waals surface area contributed by atoms with Crippen LogP contribution in [0.2, 0.25) is 0 Å². The van der Waals surface area contributed by atoms with Crippen molar-refractivity contribution < 1.29 is 14.3 Å². The van der Waals surface area contributed by atoms with Crippen LogP contribution in [0.1, 0.15) is 46.5 Å². The van der Waals surface area contributed by atoms with E-state index >= 15 is 0 Å². The monoisotopic (exact) mass is 300 g/mol. The van der Waals surface area contributed by atoms with Gasteiger partial charge in [-0.05, 0) is 39.5 Å². The zero-order valence-corrected chi connectivity index (χ0v) is 14.1. The van der Waals surface area contributed by atoms with Crippen LogP contribution in [0, 0.1) is 0 Å². The molecule has 0 radical (unpaired) electrons. The number of nitrogens with one attached hydrogen (secondary N) is 1. The SMILES string of the molecule is CCOC(=O)C(CCN(CCOC)C(C)CC)NC1CC1. The average molecular weight is 300 g/mol. The number of carbonyl (C=O) groups excluding carboxylic acids is 1. The third kappa shape index (κ3) is 7.25. The van der Waals surface area contributed by atoms with E-state index in [2.05, 4.69) is 24.1 Å². The first-order chi connectivity index (χ1) is 10.1. The Hall–Kier alpha value is -0.650. The van der Waals surface area contributed by atoms with Gasteiger partial charge in [0.1, 0.15) is 6.04 Å². The van der Waals surface area contributed by atoms with Gasteiger partial charge >= 0.3 is 5.97 Å². The van der Waals surface area contributed by atoms with Gasteiger partial charge in [-0.2, -0.15) is 0 Å². The zero-order valence-electron chi connectivity index (χ0n) is 14.1. The van der Waals surface area contributed by atoms with Gasteiger partial charge in [0.05, 0.1) is 13.2 Å². The summed E-state index contributed by atoms with van der Waals surface area (Å²) in [5.41, 5.74) is 0. The number of hydrogen-bond acceptors (Lipinski definition) is 5. The quantitative estimate of drug-likeness (QED) is 0.557. The lowest BCUT2D eigenvalue weighted by Gasteiger charge is -2.29. The molecule has 0 aromatic heterocycles. The van der Waals surface area contributed by atoms with Crippen molar-refractivity contribution in [2.45, 2.75) is 64.6 Å². The molecule has 1 fully saturated rings. The number of rotatable bonds is 12. The minimum absolute atomic E-state index is 0.111. The van der Waals surface area contributed by atoms with Gasteiger partial charge < -0.3 is 14.8 Å². The highest BCUT2D eigenvalue weighted by atomic mass is 16.5. The molecule has 2 atom stereocenters. The topological polar surface area (TPSA) is 50.8 Å². The predicted octanol–water partition coefficient (Wildman–Crippen LogP) is 1.81. The predicted molar refractivity (Wildman–Crippen MR) is 84.4 cm³/mol. The molecule has 124 valence electrons. The summed E-state index contributed by atoms with van der Waals surface area (Å²) in [7, 11) is 1.73. The summed E-state index contributed by atoms with van der Waals surface area (Å²) in [6.45, 7) is 9.24. The highest BCUT2D eigenvalue weighted by Gasteiger charge is 2.29. The van der Waals surface area contributed by atoms with E-state index in [0.29, 0.717) is 18.7 Å². The summed E-state index contributed by atoms with van der Waals surface area (Å²) in [6, 6.07) is 0.839. The van der Waals surface area contributed by atoms with E-state index in [-0.39, 0.29) is 12.0 Å². The number of esters is 1. The van der Waals surface area contributed by atoms with Gasteiger partial charge in [-0.1, -0.05) is 6.92 Å². The molecule has 2 unspecified atom stereocenters. The smallest absolute Gasteiger partial charge is 0.323 e. The van der Waals surface area contributed by atoms with E-state index in [0.717, 1.165) is 32.5 Å². The van der Waals surface area contributed by atoms with Crippen LogP contribution in [0.15, 0.2) is 0 Å². The summed E-state index contributed by atoms with van der Waals surface area (Å²) in [6.07, 6.45) is 4.25. The average Bonchev–Trinajstić information content (AvgIpc) is 3.29. The summed E-state index contributed by atoms with van der Waals surface area (Å²) < 4.78 is 10.4. The Bertz CT molecular complexity index is 295. The van der Waals surface area contributed by atoms with Gasteiger partial charge in [-0.3, -0.25) is 9.69 Å². The van der Waals surface area contributed by atoms with Crippen molar-refractivity contribution >= 4 is 5.97 Å². The fourth-order valence-electron chi connectivity index (χ4n) is 2.36. The molecule has 1 aliphatic rings. The van der Waals surface area contributed by atoms with Crippen LogP contribution < -0.4 is 5.32 Å². The Labute approximate surface area is 129 Å². The molecule has 0 bridgehead atoms. The molecule has 5 nitrogen and oxygen atoms in total. The van der Waals surface area contributed by atoms with Crippen LogP contribution in [0.4, 0.5) is 0 Å². The zero-order chi connectivity index (χ0) is 15.7. The Balaban J connectivity index is 2.47. The first-order valence-corrected chi connectivity index (χ1v) is 8.28. The van der Waals surface area contributed by atoms with Gasteiger partial charge in [0, 0.05) is 32.3 Å². The largest absolute Gasteiger partial charge is 0.465 e. The second kappa shape index (κ2) is 10.1. The molecule has 0 aliphatic heterocycles. The number of hydrogen-bond donors (Lipinski definition) is 1. The molecule has 1 N–H and O–H groups in total. The standard InChI is InChI=1S/C16H32N2O3/c1-5-13(3)18(11-12-20-4)10-9-15(16(19)21-6-2)17-14-7-8-14/h13-15,17H,5-12H2,1-4H3. The molecule has 0 heterocycles. The van der Waals surface area contributed by atoms with Crippen molar-refractivity contribution in [1.82, 2.24) is 10.2 Å². The lowest BCUT2D eigenvalue weighted by Crippen LogP contribution is -2.44. The molecule has 0 amide bonds. The molecular formula is C16H32N2O3. The highest BCUT2D eigenvalue weighted by molar-refractivity contribution is 5.75. The second-order valence-electron chi connectivity index (χ2n) is 5.82. The first-order valence-electron chi connectivity index (χ1n) is 8.28. The van der Waals surface area contributed by atoms with Crippen molar-refractivity contribution in [3.05, 3.63) is 0 Å². The minimum Gasteiger partial charge on any atom is -0.465 e. The molecule has 0 aromatic carbocycles. The first kappa shape index (κ1) is 18.4. The van der Waals surface area contributed by atoms with Crippen LogP contribution in [0.25, 0.3) is 0 Å². The van der Waals surface area contributed by atoms with Crippen LogP contribution in [0.3, 0.4) is 0 Å². The fourth-order valence-corrected chi connectivity index (χ4v) is 2.36. The van der Waals surface area contributed by atoms with E-state index < -0.39 is 0 Å². The lowest BCUT2D eigenvalue weighted by molar-refractivity contribution is -0.146. The van der Waals surface area contributed by atoms with Gasteiger partial charge in [-0.25, -0.2) is 0 Å². The highest BCUT2D eigenvalue weighted by Crippen LogP contribution is 2.20. The summed E-state index contributed by atoms with van der Waals surface area (Å²) in [5, 5.41) is 3.41. The molecule has 1 aliphatic carbocycles. The Morgan fingerprint density at radius 1 is 1.33 bits per heavy atom. The maximum absolute atomic E-state index is 12.0. The second-order valence-corrected chi connectivity index (χ2v) is 5.82. The summed E-state index contributed by atoms with van der Waals surface area (Å²) in [4.78, 5) is 14.4. The third-order valence-corrected chi connectivity index (χ3v) is 4.09. The Morgan fingerprint density at radius 2 is 2.05 bits per heavy atom. The number of methoxy groups -OCH3 is 1. The molecule has 1 rings (SSSR count). The maximum Gasteiger partial charge on any atom is 0.323 e. The normalized spacial score (nSPS) is 17.8. The van der Waals surface area contributed by atoms with Crippen LogP contribution in [-0.4, -0.2) is 62.4 Å². The van der Waals surface area contributed by atoms with E-state index in [9.17, 15) is 4.79 Å². The van der Waals surface area contributed by atoms with E-state index in [1.165, 1.54) is 12.8 Å². The van der Waals surface area contributed by atoms with Gasteiger partial charge in [0.2, 0.25) is 0 Å². The van der Waals surface area contributed by atoms with Crippen molar-refractivity contribution in [1.29, 1.82) is 0 Å². The van der Waals surface area contributed by atoms with Crippen molar-refractivity contribution in [2.75, 3.05) is 33.4 Å². The van der Waals surface area contributed by atoms with Gasteiger partial charge in [-0.15, -0.1) is 0 Å². The summed E-state index contributed by atoms with van der Waals surface area (Å²) in [5.74, 6) is -0.111. The van der Waals surface area contributed by atoms with Crippen LogP contribution >= 0.6 is 0 Å². The third-order valence-electron chi connectivity index (χ3n) is 4.09. The lowest BCUT2D eigenvalue weighted by atomic mass is 10.1. The van der Waals surface area contributed by atoms with E-state index in [1.807, 2.05) is 6.92 Å². The minimum atomic E-state index is -0.174. The molecular weight excluding hydrogens is 268 g/mol. The number of carbonyl (C=O) groups is 1. The van der Waals surface area contributed by atoms with Crippen molar-refractivity contribution in [3.63, 3.8) is 0 Å². The van der Waals surface area contributed by atoms with E-state index in [4.69, 9.17) is 9.47 Å². The van der Waals surface area contributed by atoms with Gasteiger partial charge in [0.25, 0.3) is 0 Å². The molecule has 5 heteroatoms. The van der Waals surface area contributed by atoms with Crippen LogP contribution in [0.5, 0.6) is 0 Å². The Morgan fingerprint density at radius 3 is 2.57 bits per heavy atom. The maximum atomic E-state index is 12.0. The van der Waals surface area contributed by atoms with Crippen molar-refractivity contribution in [2.24, 2.45) is 0 Å². The van der Waals surface area contributed by atoms with E-state index in [1.54, 1.807) is 7.11 Å². The number of nitrogens with zero attached hydrogens (tertiary/aromatic N) is 1. The number of ether oxygens (including phenoxy) is 2. The molecule has 0 spiro atoms. The van der Waals surface area contributed by atoms with Crippen LogP contribution in [-0.2, 0) is 14.3 Å².